The van der Waals surface area contributed by atoms with Gasteiger partial charge in [0, 0.05) is 18.9 Å². The van der Waals surface area contributed by atoms with Crippen molar-refractivity contribution in [1.29, 1.82) is 0 Å². The van der Waals surface area contributed by atoms with Gasteiger partial charge in [-0.1, -0.05) is 35.9 Å². The normalized spacial score (nSPS) is 15.3. The topological polar surface area (TPSA) is 79.5 Å². The van der Waals surface area contributed by atoms with Crippen LogP contribution in [0.1, 0.15) is 37.8 Å². The number of halogens is 1. The minimum Gasteiger partial charge on any atom is -0.398 e. The van der Waals surface area contributed by atoms with Crippen LogP contribution in [-0.4, -0.2) is 33.9 Å². The lowest BCUT2D eigenvalue weighted by atomic mass is 10.0. The van der Waals surface area contributed by atoms with Gasteiger partial charge in [-0.3, -0.25) is 9.78 Å². The van der Waals surface area contributed by atoms with Crippen LogP contribution in [0.2, 0.25) is 5.02 Å². The maximum absolute atomic E-state index is 13.3. The van der Waals surface area contributed by atoms with Crippen molar-refractivity contribution in [3.63, 3.8) is 0 Å². The Morgan fingerprint density at radius 2 is 1.59 bits per heavy atom. The number of unbranched alkanes of at least 4 members (excludes halogenated alkanes) is 1. The van der Waals surface area contributed by atoms with Gasteiger partial charge in [0.2, 0.25) is 0 Å². The van der Waals surface area contributed by atoms with E-state index in [-0.39, 0.29) is 11.9 Å². The number of anilines is 2. The Bertz CT molecular complexity index is 1210. The second-order valence-electron chi connectivity index (χ2n) is 9.14. The number of amides is 3. The maximum Gasteiger partial charge on any atom is 0.332 e. The van der Waals surface area contributed by atoms with Gasteiger partial charge >= 0.3 is 6.03 Å². The number of carbonyl (C=O) groups is 2. The summed E-state index contributed by atoms with van der Waals surface area (Å²) in [6.07, 6.45) is 6.20. The van der Waals surface area contributed by atoms with E-state index in [0.29, 0.717) is 28.5 Å². The Hall–Kier alpha value is -3.38. The third kappa shape index (κ3) is 4.38. The first-order chi connectivity index (χ1) is 16.2. The third-order valence-corrected chi connectivity index (χ3v) is 7.02. The lowest BCUT2D eigenvalue weighted by Crippen LogP contribution is -2.44. The molecule has 3 aromatic rings. The van der Waals surface area contributed by atoms with Crippen LogP contribution in [0.25, 0.3) is 11.1 Å². The van der Waals surface area contributed by atoms with Crippen molar-refractivity contribution < 1.29 is 9.59 Å². The monoisotopic (exact) mass is 476 g/mol. The Morgan fingerprint density at radius 1 is 0.941 bits per heavy atom. The highest BCUT2D eigenvalue weighted by Crippen LogP contribution is 2.37. The molecule has 2 heterocycles. The first kappa shape index (κ1) is 23.8. The molecule has 4 rings (SSSR count). The molecule has 1 aliphatic heterocycles. The Labute approximate surface area is 205 Å². The zero-order valence-electron chi connectivity index (χ0n) is 19.7. The predicted molar refractivity (Wildman–Crippen MR) is 137 cm³/mol. The number of nitrogens with two attached hydrogens (primary N) is 1. The quantitative estimate of drug-likeness (QED) is 0.263. The molecule has 0 spiro atoms. The average Bonchev–Trinajstić information content (AvgIpc) is 3.00. The number of hydrogen-bond donors (Lipinski definition) is 1. The first-order valence-corrected chi connectivity index (χ1v) is 11.8. The molecular formula is C27H29ClN4O2. The van der Waals surface area contributed by atoms with E-state index in [1.54, 1.807) is 50.2 Å². The molecule has 1 aliphatic rings. The van der Waals surface area contributed by atoms with Gasteiger partial charge in [-0.15, -0.1) is 0 Å². The van der Waals surface area contributed by atoms with E-state index in [0.717, 1.165) is 30.4 Å². The number of nitrogen functional groups attached to an aromatic ring is 1. The van der Waals surface area contributed by atoms with E-state index in [1.807, 2.05) is 12.1 Å². The SMILES string of the molecule is Cc1c(N2C(=O)N(CCCCc3ccc(-c4ccncc4)cc3)C(C)(C)C2=O)ccc(N)c1Cl. The van der Waals surface area contributed by atoms with E-state index in [2.05, 4.69) is 29.2 Å². The molecule has 0 saturated carbocycles. The van der Waals surface area contributed by atoms with Crippen molar-refractivity contribution >= 4 is 34.9 Å². The van der Waals surface area contributed by atoms with Crippen LogP contribution in [0.3, 0.4) is 0 Å². The van der Waals surface area contributed by atoms with Crippen LogP contribution in [-0.2, 0) is 11.2 Å². The van der Waals surface area contributed by atoms with Gasteiger partial charge in [0.15, 0.2) is 0 Å². The van der Waals surface area contributed by atoms with Crippen molar-refractivity contribution in [1.82, 2.24) is 9.88 Å². The number of pyridine rings is 1. The second-order valence-corrected chi connectivity index (χ2v) is 9.51. The van der Waals surface area contributed by atoms with E-state index in [4.69, 9.17) is 17.3 Å². The van der Waals surface area contributed by atoms with Gasteiger partial charge in [0.05, 0.1) is 16.4 Å². The van der Waals surface area contributed by atoms with Crippen molar-refractivity contribution in [3.8, 4) is 11.1 Å². The molecule has 0 aliphatic carbocycles. The van der Waals surface area contributed by atoms with E-state index >= 15 is 0 Å². The zero-order chi connectivity index (χ0) is 24.5. The first-order valence-electron chi connectivity index (χ1n) is 11.4. The van der Waals surface area contributed by atoms with Gasteiger partial charge in [0.1, 0.15) is 5.54 Å². The molecule has 2 N–H and O–H groups in total. The lowest BCUT2D eigenvalue weighted by molar-refractivity contribution is -0.123. The summed E-state index contributed by atoms with van der Waals surface area (Å²) in [5, 5.41) is 0.365. The number of benzene rings is 2. The van der Waals surface area contributed by atoms with E-state index in [1.165, 1.54) is 10.5 Å². The molecule has 2 aromatic carbocycles. The molecule has 1 saturated heterocycles. The average molecular weight is 477 g/mol. The number of imide groups is 1. The van der Waals surface area contributed by atoms with Gasteiger partial charge in [-0.2, -0.15) is 0 Å². The van der Waals surface area contributed by atoms with Gasteiger partial charge < -0.3 is 10.6 Å². The summed E-state index contributed by atoms with van der Waals surface area (Å²) in [4.78, 5) is 33.4. The molecule has 7 heteroatoms. The number of carbonyl (C=O) groups excluding carboxylic acids is 2. The Kier molecular flexibility index (Phi) is 6.62. The Morgan fingerprint density at radius 3 is 2.26 bits per heavy atom. The number of aromatic nitrogens is 1. The molecule has 6 nitrogen and oxygen atoms in total. The molecule has 3 amide bonds. The second kappa shape index (κ2) is 9.47. The molecule has 1 fully saturated rings. The standard InChI is InChI=1S/C27H29ClN4O2/c1-18-23(12-11-22(29)24(18)28)32-25(33)27(2,3)31(26(32)34)17-5-4-6-19-7-9-20(10-8-19)21-13-15-30-16-14-21/h7-16H,4-6,17,29H2,1-3H3. The predicted octanol–water partition coefficient (Wildman–Crippen LogP) is 5.86. The van der Waals surface area contributed by atoms with Crippen molar-refractivity contribution in [2.24, 2.45) is 0 Å². The molecule has 0 radical (unpaired) electrons. The number of rotatable bonds is 7. The molecular weight excluding hydrogens is 448 g/mol. The maximum atomic E-state index is 13.3. The van der Waals surface area contributed by atoms with Crippen molar-refractivity contribution in [3.05, 3.63) is 77.1 Å². The van der Waals surface area contributed by atoms with Crippen molar-refractivity contribution in [2.75, 3.05) is 17.2 Å². The number of urea groups is 1. The van der Waals surface area contributed by atoms with E-state index < -0.39 is 5.54 Å². The highest BCUT2D eigenvalue weighted by atomic mass is 35.5. The largest absolute Gasteiger partial charge is 0.398 e. The number of nitrogens with zero attached hydrogens (tertiary/aromatic N) is 3. The number of aryl methyl sites for hydroxylation is 1. The summed E-state index contributed by atoms with van der Waals surface area (Å²) in [5.74, 6) is -0.256. The third-order valence-electron chi connectivity index (χ3n) is 6.52. The highest BCUT2D eigenvalue weighted by molar-refractivity contribution is 6.35. The van der Waals surface area contributed by atoms with Gasteiger partial charge in [-0.25, -0.2) is 9.69 Å². The molecule has 176 valence electrons. The fourth-order valence-corrected chi connectivity index (χ4v) is 4.53. The number of hydrogen-bond acceptors (Lipinski definition) is 4. The zero-order valence-corrected chi connectivity index (χ0v) is 20.5. The minimum absolute atomic E-state index is 0.256. The van der Waals surface area contributed by atoms with E-state index in [9.17, 15) is 9.59 Å². The Balaban J connectivity index is 1.39. The summed E-state index contributed by atoms with van der Waals surface area (Å²) in [5.41, 5.74) is 10.0. The molecule has 0 unspecified atom stereocenters. The smallest absolute Gasteiger partial charge is 0.332 e. The van der Waals surface area contributed by atoms with Gasteiger partial charge in [0.25, 0.3) is 5.91 Å². The van der Waals surface area contributed by atoms with Crippen molar-refractivity contribution in [2.45, 2.75) is 45.6 Å². The molecule has 1 aromatic heterocycles. The minimum atomic E-state index is -0.927. The van der Waals surface area contributed by atoms with Crippen LogP contribution < -0.4 is 10.6 Å². The van der Waals surface area contributed by atoms with Crippen LogP contribution in [0.15, 0.2) is 60.9 Å². The molecule has 34 heavy (non-hydrogen) atoms. The molecule has 0 atom stereocenters. The van der Waals surface area contributed by atoms with Crippen LogP contribution in [0.5, 0.6) is 0 Å². The summed E-state index contributed by atoms with van der Waals surface area (Å²) in [7, 11) is 0. The fourth-order valence-electron chi connectivity index (χ4n) is 4.37. The van der Waals surface area contributed by atoms with Crippen LogP contribution >= 0.6 is 11.6 Å². The summed E-state index contributed by atoms with van der Waals surface area (Å²) < 4.78 is 0. The van der Waals surface area contributed by atoms with Gasteiger partial charge in [-0.05, 0) is 86.6 Å². The summed E-state index contributed by atoms with van der Waals surface area (Å²) in [6, 6.07) is 15.5. The summed E-state index contributed by atoms with van der Waals surface area (Å²) in [6.45, 7) is 5.85. The fraction of sp³-hybridized carbons (Fsp3) is 0.296. The van der Waals surface area contributed by atoms with Crippen LogP contribution in [0.4, 0.5) is 16.2 Å². The van der Waals surface area contributed by atoms with Crippen LogP contribution in [0, 0.1) is 6.92 Å². The highest BCUT2D eigenvalue weighted by Gasteiger charge is 2.51. The lowest BCUT2D eigenvalue weighted by Gasteiger charge is -2.27. The molecule has 0 bridgehead atoms. The summed E-state index contributed by atoms with van der Waals surface area (Å²) >= 11 is 6.28.